The van der Waals surface area contributed by atoms with Crippen LogP contribution in [-0.2, 0) is 0 Å². The molecule has 0 spiro atoms. The van der Waals surface area contributed by atoms with Crippen LogP contribution in [0.5, 0.6) is 0 Å². The van der Waals surface area contributed by atoms with Crippen molar-refractivity contribution in [1.82, 2.24) is 15.3 Å². The van der Waals surface area contributed by atoms with E-state index in [2.05, 4.69) is 20.2 Å². The number of hydrogen-bond donors (Lipinski definition) is 1. The van der Waals surface area contributed by atoms with E-state index in [-0.39, 0.29) is 0 Å². The van der Waals surface area contributed by atoms with Crippen LogP contribution < -0.4 is 10.2 Å². The van der Waals surface area contributed by atoms with E-state index in [1.165, 1.54) is 18.5 Å². The van der Waals surface area contributed by atoms with Crippen molar-refractivity contribution in [3.8, 4) is 0 Å². The van der Waals surface area contributed by atoms with Crippen LogP contribution in [0.2, 0.25) is 0 Å². The maximum atomic E-state index is 4.50. The summed E-state index contributed by atoms with van der Waals surface area (Å²) < 4.78 is 0. The van der Waals surface area contributed by atoms with Crippen molar-refractivity contribution < 1.29 is 0 Å². The van der Waals surface area contributed by atoms with E-state index in [1.54, 1.807) is 0 Å². The quantitative estimate of drug-likeness (QED) is 0.772. The summed E-state index contributed by atoms with van der Waals surface area (Å²) in [6, 6.07) is 0. The van der Waals surface area contributed by atoms with E-state index in [0.29, 0.717) is 5.92 Å². The molecule has 2 fully saturated rings. The Morgan fingerprint density at radius 1 is 1.13 bits per heavy atom. The molecule has 0 unspecified atom stereocenters. The first-order valence-electron chi connectivity index (χ1n) is 5.72. The third-order valence-electron chi connectivity index (χ3n) is 3.09. The van der Waals surface area contributed by atoms with Crippen LogP contribution in [0.1, 0.15) is 24.5 Å². The number of nitrogens with one attached hydrogen (secondary N) is 1. The van der Waals surface area contributed by atoms with Gasteiger partial charge in [-0.3, -0.25) is 4.98 Å². The number of aromatic nitrogens is 2. The third-order valence-corrected chi connectivity index (χ3v) is 3.09. The molecule has 1 aromatic rings. The highest BCUT2D eigenvalue weighted by molar-refractivity contribution is 5.46. The zero-order valence-electron chi connectivity index (χ0n) is 8.82. The Morgan fingerprint density at radius 3 is 2.60 bits per heavy atom. The first-order chi connectivity index (χ1) is 7.45. The summed E-state index contributed by atoms with van der Waals surface area (Å²) in [4.78, 5) is 11.3. The van der Waals surface area contributed by atoms with Gasteiger partial charge in [-0.1, -0.05) is 0 Å². The van der Waals surface area contributed by atoms with Crippen molar-refractivity contribution in [1.29, 1.82) is 0 Å². The largest absolute Gasteiger partial charge is 0.353 e. The third kappa shape index (κ3) is 1.81. The van der Waals surface area contributed by atoms with Gasteiger partial charge in [0.25, 0.3) is 0 Å². The molecular weight excluding hydrogens is 188 g/mol. The summed E-state index contributed by atoms with van der Waals surface area (Å²) in [7, 11) is 0. The molecule has 1 aliphatic heterocycles. The molecule has 4 nitrogen and oxygen atoms in total. The maximum absolute atomic E-state index is 4.50. The van der Waals surface area contributed by atoms with Crippen molar-refractivity contribution in [3.63, 3.8) is 0 Å². The number of piperazine rings is 1. The van der Waals surface area contributed by atoms with E-state index in [0.717, 1.165) is 32.0 Å². The highest BCUT2D eigenvalue weighted by Gasteiger charge is 2.30. The number of hydrogen-bond acceptors (Lipinski definition) is 4. The fraction of sp³-hybridized carbons (Fsp3) is 0.636. The fourth-order valence-electron chi connectivity index (χ4n) is 2.11. The molecule has 4 heteroatoms. The van der Waals surface area contributed by atoms with Gasteiger partial charge >= 0.3 is 0 Å². The molecule has 0 bridgehead atoms. The number of anilines is 1. The zero-order valence-corrected chi connectivity index (χ0v) is 8.82. The highest BCUT2D eigenvalue weighted by atomic mass is 15.2. The van der Waals surface area contributed by atoms with Crippen LogP contribution in [-0.4, -0.2) is 36.1 Å². The highest BCUT2D eigenvalue weighted by Crippen LogP contribution is 2.42. The van der Waals surface area contributed by atoms with Gasteiger partial charge in [0.15, 0.2) is 5.82 Å². The Hall–Kier alpha value is -1.16. The Balaban J connectivity index is 1.88. The molecule has 0 amide bonds. The number of rotatable bonds is 2. The van der Waals surface area contributed by atoms with Crippen LogP contribution in [0.4, 0.5) is 5.82 Å². The summed E-state index contributed by atoms with van der Waals surface area (Å²) in [5.74, 6) is 1.81. The summed E-state index contributed by atoms with van der Waals surface area (Å²) in [5, 5.41) is 3.36. The Labute approximate surface area is 89.7 Å². The van der Waals surface area contributed by atoms with Crippen LogP contribution in [0.15, 0.2) is 12.4 Å². The van der Waals surface area contributed by atoms with Gasteiger partial charge < -0.3 is 10.2 Å². The molecule has 2 aliphatic rings. The molecule has 1 aromatic heterocycles. The first kappa shape index (κ1) is 9.09. The average molecular weight is 204 g/mol. The molecule has 0 radical (unpaired) electrons. The summed E-state index contributed by atoms with van der Waals surface area (Å²) >= 11 is 0. The second kappa shape index (κ2) is 3.77. The SMILES string of the molecule is c1cnc(N2CCNCC2)c(C2CC2)n1. The van der Waals surface area contributed by atoms with Crippen molar-refractivity contribution in [2.75, 3.05) is 31.1 Å². The van der Waals surface area contributed by atoms with Crippen LogP contribution in [0.3, 0.4) is 0 Å². The summed E-state index contributed by atoms with van der Waals surface area (Å²) in [5.41, 5.74) is 1.22. The molecule has 1 aliphatic carbocycles. The fourth-order valence-corrected chi connectivity index (χ4v) is 2.11. The monoisotopic (exact) mass is 204 g/mol. The van der Waals surface area contributed by atoms with E-state index >= 15 is 0 Å². The normalized spacial score (nSPS) is 21.7. The molecule has 3 rings (SSSR count). The van der Waals surface area contributed by atoms with Gasteiger partial charge in [-0.2, -0.15) is 0 Å². The summed E-state index contributed by atoms with van der Waals surface area (Å²) in [6.45, 7) is 4.22. The molecule has 0 atom stereocenters. The molecule has 1 saturated carbocycles. The van der Waals surface area contributed by atoms with Crippen LogP contribution in [0.25, 0.3) is 0 Å². The lowest BCUT2D eigenvalue weighted by molar-refractivity contribution is 0.582. The van der Waals surface area contributed by atoms with Crippen LogP contribution in [0, 0.1) is 0 Å². The van der Waals surface area contributed by atoms with Gasteiger partial charge in [-0.05, 0) is 12.8 Å². The summed E-state index contributed by atoms with van der Waals surface area (Å²) in [6.07, 6.45) is 6.21. The van der Waals surface area contributed by atoms with Crippen LogP contribution >= 0.6 is 0 Å². The van der Waals surface area contributed by atoms with Gasteiger partial charge in [0.2, 0.25) is 0 Å². The predicted molar refractivity (Wildman–Crippen MR) is 59.1 cm³/mol. The van der Waals surface area contributed by atoms with Crippen molar-refractivity contribution in [2.45, 2.75) is 18.8 Å². The Morgan fingerprint density at radius 2 is 1.87 bits per heavy atom. The average Bonchev–Trinajstić information content (AvgIpc) is 3.14. The lowest BCUT2D eigenvalue weighted by Gasteiger charge is -2.29. The molecule has 2 heterocycles. The minimum Gasteiger partial charge on any atom is -0.353 e. The van der Waals surface area contributed by atoms with Gasteiger partial charge in [0.05, 0.1) is 5.69 Å². The van der Waals surface area contributed by atoms with Gasteiger partial charge in [-0.25, -0.2) is 4.98 Å². The number of nitrogens with zero attached hydrogens (tertiary/aromatic N) is 3. The maximum Gasteiger partial charge on any atom is 0.150 e. The Bertz CT molecular complexity index is 342. The minimum absolute atomic E-state index is 0.684. The van der Waals surface area contributed by atoms with Gasteiger partial charge in [0.1, 0.15) is 0 Å². The van der Waals surface area contributed by atoms with Crippen molar-refractivity contribution in [2.24, 2.45) is 0 Å². The lowest BCUT2D eigenvalue weighted by atomic mass is 10.2. The van der Waals surface area contributed by atoms with Gasteiger partial charge in [0, 0.05) is 44.5 Å². The zero-order chi connectivity index (χ0) is 10.1. The van der Waals surface area contributed by atoms with Gasteiger partial charge in [-0.15, -0.1) is 0 Å². The standard InChI is InChI=1S/C11H16N4/c1-2-9(1)10-11(14-4-3-13-10)15-7-5-12-6-8-15/h3-4,9,12H,1-2,5-8H2. The predicted octanol–water partition coefficient (Wildman–Crippen LogP) is 0.764. The second-order valence-electron chi connectivity index (χ2n) is 4.28. The minimum atomic E-state index is 0.684. The smallest absolute Gasteiger partial charge is 0.150 e. The molecule has 80 valence electrons. The van der Waals surface area contributed by atoms with E-state index in [1.807, 2.05) is 12.4 Å². The molecular formula is C11H16N4. The first-order valence-corrected chi connectivity index (χ1v) is 5.72. The molecule has 1 saturated heterocycles. The van der Waals surface area contributed by atoms with E-state index in [4.69, 9.17) is 0 Å². The van der Waals surface area contributed by atoms with E-state index < -0.39 is 0 Å². The van der Waals surface area contributed by atoms with E-state index in [9.17, 15) is 0 Å². The molecule has 15 heavy (non-hydrogen) atoms. The van der Waals surface area contributed by atoms with Crippen molar-refractivity contribution >= 4 is 5.82 Å². The molecule has 0 aromatic carbocycles. The lowest BCUT2D eigenvalue weighted by Crippen LogP contribution is -2.44. The molecule has 1 N–H and O–H groups in total. The second-order valence-corrected chi connectivity index (χ2v) is 4.28. The van der Waals surface area contributed by atoms with Crippen molar-refractivity contribution in [3.05, 3.63) is 18.1 Å². The topological polar surface area (TPSA) is 41.1 Å². The Kier molecular flexibility index (Phi) is 2.29.